The number of hydrogen-bond acceptors (Lipinski definition) is 4. The Kier molecular flexibility index (Phi) is 6.15. The fourth-order valence-corrected chi connectivity index (χ4v) is 7.08. The first-order chi connectivity index (χ1) is 24.2. The number of rotatable bonds is 4. The minimum Gasteiger partial charge on any atom is -0.456 e. The van der Waals surface area contributed by atoms with Crippen LogP contribution in [0.1, 0.15) is 0 Å². The predicted octanol–water partition coefficient (Wildman–Crippen LogP) is 11.9. The van der Waals surface area contributed by atoms with Crippen LogP contribution in [0.3, 0.4) is 0 Å². The average Bonchev–Trinajstić information content (AvgIpc) is 3.56. The second-order valence-electron chi connectivity index (χ2n) is 12.5. The van der Waals surface area contributed by atoms with Gasteiger partial charge in [-0.25, -0.2) is 15.0 Å². The van der Waals surface area contributed by atoms with Gasteiger partial charge in [0, 0.05) is 27.5 Å². The van der Waals surface area contributed by atoms with Crippen molar-refractivity contribution in [1.29, 1.82) is 0 Å². The Morgan fingerprint density at radius 1 is 0.327 bits per heavy atom. The van der Waals surface area contributed by atoms with Crippen molar-refractivity contribution in [2.75, 3.05) is 0 Å². The highest BCUT2D eigenvalue weighted by Gasteiger charge is 2.18. The van der Waals surface area contributed by atoms with Gasteiger partial charge in [-0.15, -0.1) is 0 Å². The molecule has 0 unspecified atom stereocenters. The Bertz CT molecular complexity index is 2810. The molecule has 0 bridgehead atoms. The van der Waals surface area contributed by atoms with Gasteiger partial charge < -0.3 is 4.42 Å². The zero-order chi connectivity index (χ0) is 32.3. The zero-order valence-corrected chi connectivity index (χ0v) is 26.3. The molecule has 0 aliphatic rings. The molecule has 0 N–H and O–H groups in total. The number of para-hydroxylation sites is 1. The number of aromatic nitrogens is 3. The topological polar surface area (TPSA) is 51.8 Å². The molecule has 0 saturated heterocycles. The van der Waals surface area contributed by atoms with Crippen molar-refractivity contribution in [2.45, 2.75) is 0 Å². The highest BCUT2D eigenvalue weighted by atomic mass is 16.3. The number of furan rings is 1. The van der Waals surface area contributed by atoms with Crippen molar-refractivity contribution in [3.63, 3.8) is 0 Å². The SMILES string of the molecule is c1ccc2cc(-c3nc(-c4ccc5ccccc5c4)nc(-c4cc(-c5cccc6oc7ccccc7c56)cc5ccccc45)n3)ccc2c1. The molecule has 0 radical (unpaired) electrons. The van der Waals surface area contributed by atoms with E-state index in [-0.39, 0.29) is 0 Å². The molecular formula is C45H27N3O. The smallest absolute Gasteiger partial charge is 0.164 e. The van der Waals surface area contributed by atoms with Gasteiger partial charge in [-0.1, -0.05) is 127 Å². The summed E-state index contributed by atoms with van der Waals surface area (Å²) in [4.78, 5) is 15.5. The lowest BCUT2D eigenvalue weighted by molar-refractivity contribution is 0.669. The van der Waals surface area contributed by atoms with Gasteiger partial charge >= 0.3 is 0 Å². The van der Waals surface area contributed by atoms with Gasteiger partial charge in [0.05, 0.1) is 0 Å². The van der Waals surface area contributed by atoms with E-state index >= 15 is 0 Å². The Labute approximate surface area is 282 Å². The first kappa shape index (κ1) is 27.5. The van der Waals surface area contributed by atoms with Crippen LogP contribution in [0.15, 0.2) is 168 Å². The molecule has 0 saturated carbocycles. The van der Waals surface area contributed by atoms with E-state index in [9.17, 15) is 0 Å². The molecule has 228 valence electrons. The highest BCUT2D eigenvalue weighted by Crippen LogP contribution is 2.40. The first-order valence-corrected chi connectivity index (χ1v) is 16.4. The third-order valence-corrected chi connectivity index (χ3v) is 9.47. The average molecular weight is 626 g/mol. The fourth-order valence-electron chi connectivity index (χ4n) is 7.08. The van der Waals surface area contributed by atoms with Crippen LogP contribution in [0, 0.1) is 0 Å². The molecule has 2 aromatic heterocycles. The third-order valence-electron chi connectivity index (χ3n) is 9.47. The Morgan fingerprint density at radius 2 is 0.857 bits per heavy atom. The van der Waals surface area contributed by atoms with Crippen LogP contribution in [0.5, 0.6) is 0 Å². The molecule has 10 rings (SSSR count). The first-order valence-electron chi connectivity index (χ1n) is 16.4. The molecule has 4 heteroatoms. The second kappa shape index (κ2) is 11.0. The third kappa shape index (κ3) is 4.65. The van der Waals surface area contributed by atoms with E-state index < -0.39 is 0 Å². The fraction of sp³-hybridized carbons (Fsp3) is 0. The van der Waals surface area contributed by atoms with Crippen LogP contribution < -0.4 is 0 Å². The summed E-state index contributed by atoms with van der Waals surface area (Å²) in [6.45, 7) is 0. The van der Waals surface area contributed by atoms with E-state index in [1.165, 1.54) is 10.8 Å². The Morgan fingerprint density at radius 3 is 1.55 bits per heavy atom. The van der Waals surface area contributed by atoms with Crippen molar-refractivity contribution in [1.82, 2.24) is 15.0 Å². The van der Waals surface area contributed by atoms with E-state index in [0.717, 1.165) is 71.3 Å². The molecule has 0 spiro atoms. The summed E-state index contributed by atoms with van der Waals surface area (Å²) in [6.07, 6.45) is 0. The van der Waals surface area contributed by atoms with Crippen LogP contribution in [0.2, 0.25) is 0 Å². The van der Waals surface area contributed by atoms with Gasteiger partial charge in [-0.05, 0) is 79.8 Å². The maximum Gasteiger partial charge on any atom is 0.164 e. The quantitative estimate of drug-likeness (QED) is 0.195. The number of nitrogens with zero attached hydrogens (tertiary/aromatic N) is 3. The lowest BCUT2D eigenvalue weighted by Crippen LogP contribution is -2.01. The van der Waals surface area contributed by atoms with Gasteiger partial charge in [-0.3, -0.25) is 0 Å². The van der Waals surface area contributed by atoms with Gasteiger partial charge in [0.25, 0.3) is 0 Å². The molecule has 4 nitrogen and oxygen atoms in total. The lowest BCUT2D eigenvalue weighted by Gasteiger charge is -2.13. The van der Waals surface area contributed by atoms with E-state index in [2.05, 4.69) is 146 Å². The number of hydrogen-bond donors (Lipinski definition) is 0. The summed E-state index contributed by atoms with van der Waals surface area (Å²) >= 11 is 0. The van der Waals surface area contributed by atoms with Crippen molar-refractivity contribution in [2.24, 2.45) is 0 Å². The van der Waals surface area contributed by atoms with E-state index in [1.807, 2.05) is 18.2 Å². The van der Waals surface area contributed by atoms with Gasteiger partial charge in [0.15, 0.2) is 17.5 Å². The van der Waals surface area contributed by atoms with Crippen LogP contribution in [-0.2, 0) is 0 Å². The second-order valence-corrected chi connectivity index (χ2v) is 12.5. The molecular weight excluding hydrogens is 599 g/mol. The molecule has 49 heavy (non-hydrogen) atoms. The van der Waals surface area contributed by atoms with Crippen LogP contribution in [0.4, 0.5) is 0 Å². The van der Waals surface area contributed by atoms with Crippen molar-refractivity contribution in [3.8, 4) is 45.3 Å². The molecule has 0 aliphatic heterocycles. The molecule has 10 aromatic rings. The number of fused-ring (bicyclic) bond motifs is 6. The standard InChI is InChI=1S/C45H27N3O/c1-3-12-30-24-33(22-20-28(30)10-1)43-46-44(34-23-21-29-11-2-4-13-31(29)25-34)48-45(47-43)39-27-35(26-32-14-5-6-15-36(32)39)37-17-9-19-41-42(37)38-16-7-8-18-40(38)49-41/h1-27H. The summed E-state index contributed by atoms with van der Waals surface area (Å²) in [5.41, 5.74) is 6.76. The molecule has 8 aromatic carbocycles. The van der Waals surface area contributed by atoms with Crippen molar-refractivity contribution in [3.05, 3.63) is 164 Å². The van der Waals surface area contributed by atoms with E-state index in [1.54, 1.807) is 0 Å². The monoisotopic (exact) mass is 625 g/mol. The van der Waals surface area contributed by atoms with Gasteiger partial charge in [0.2, 0.25) is 0 Å². The molecule has 2 heterocycles. The van der Waals surface area contributed by atoms with Crippen molar-refractivity contribution < 1.29 is 4.42 Å². The maximum absolute atomic E-state index is 6.27. The minimum absolute atomic E-state index is 0.628. The molecule has 0 atom stereocenters. The summed E-state index contributed by atoms with van der Waals surface area (Å²) in [7, 11) is 0. The zero-order valence-electron chi connectivity index (χ0n) is 26.3. The predicted molar refractivity (Wildman–Crippen MR) is 201 cm³/mol. The van der Waals surface area contributed by atoms with Crippen LogP contribution in [0.25, 0.3) is 99.5 Å². The summed E-state index contributed by atoms with van der Waals surface area (Å²) in [5, 5.41) is 9.02. The van der Waals surface area contributed by atoms with Gasteiger partial charge in [-0.2, -0.15) is 0 Å². The van der Waals surface area contributed by atoms with Crippen LogP contribution in [-0.4, -0.2) is 15.0 Å². The van der Waals surface area contributed by atoms with E-state index in [0.29, 0.717) is 17.5 Å². The van der Waals surface area contributed by atoms with E-state index in [4.69, 9.17) is 19.4 Å². The molecule has 0 fully saturated rings. The Hall–Kier alpha value is -6.65. The minimum atomic E-state index is 0.628. The number of benzene rings is 8. The van der Waals surface area contributed by atoms with Gasteiger partial charge in [0.1, 0.15) is 11.2 Å². The Balaban J connectivity index is 1.24. The normalized spacial score (nSPS) is 11.7. The highest BCUT2D eigenvalue weighted by molar-refractivity contribution is 6.13. The summed E-state index contributed by atoms with van der Waals surface area (Å²) in [6, 6.07) is 57.0. The molecule has 0 amide bonds. The van der Waals surface area contributed by atoms with Crippen molar-refractivity contribution >= 4 is 54.3 Å². The summed E-state index contributed by atoms with van der Waals surface area (Å²) in [5.74, 6) is 1.90. The lowest BCUT2D eigenvalue weighted by atomic mass is 9.93. The maximum atomic E-state index is 6.27. The largest absolute Gasteiger partial charge is 0.456 e. The molecule has 0 aliphatic carbocycles. The van der Waals surface area contributed by atoms with Crippen LogP contribution >= 0.6 is 0 Å². The summed E-state index contributed by atoms with van der Waals surface area (Å²) < 4.78 is 6.27.